The number of hydrogen-bond acceptors (Lipinski definition) is 5. The van der Waals surface area contributed by atoms with Crippen LogP contribution < -0.4 is 9.47 Å². The second kappa shape index (κ2) is 8.34. The van der Waals surface area contributed by atoms with Crippen molar-refractivity contribution in [3.05, 3.63) is 46.8 Å². The number of piperidine rings is 1. The van der Waals surface area contributed by atoms with Gasteiger partial charge in [0.2, 0.25) is 5.91 Å². The minimum Gasteiger partial charge on any atom is -0.486 e. The number of ether oxygens (including phenoxy) is 2. The summed E-state index contributed by atoms with van der Waals surface area (Å²) in [5, 5.41) is 4.37. The number of aromatic nitrogens is 2. The van der Waals surface area contributed by atoms with Crippen LogP contribution in [0.5, 0.6) is 11.5 Å². The zero-order chi connectivity index (χ0) is 21.3. The molecule has 0 spiro atoms. The standard InChI is InChI=1S/C23H27N3O4/c1-15-19(16(2)25(3)24-15)5-7-22(27)26-10-8-17(9-11-26)23(28)18-4-6-20-21(14-18)30-13-12-29-20/h4-7,14,17H,8-13H2,1-3H3/b7-5+. The van der Waals surface area contributed by atoms with Crippen molar-refractivity contribution < 1.29 is 19.1 Å². The normalized spacial score (nSPS) is 16.8. The monoisotopic (exact) mass is 409 g/mol. The molecule has 1 aromatic heterocycles. The Hall–Kier alpha value is -3.09. The summed E-state index contributed by atoms with van der Waals surface area (Å²) in [6.45, 7) is 6.10. The SMILES string of the molecule is Cc1nn(C)c(C)c1/C=C/C(=O)N1CCC(C(=O)c2ccc3c(c2)OCCO3)CC1. The van der Waals surface area contributed by atoms with Crippen LogP contribution in [0.3, 0.4) is 0 Å². The van der Waals surface area contributed by atoms with Gasteiger partial charge in [0.05, 0.1) is 5.69 Å². The first-order valence-corrected chi connectivity index (χ1v) is 10.3. The molecule has 7 heteroatoms. The molecular formula is C23H27N3O4. The second-order valence-corrected chi connectivity index (χ2v) is 7.86. The molecule has 2 aliphatic heterocycles. The fraction of sp³-hybridized carbons (Fsp3) is 0.435. The van der Waals surface area contributed by atoms with E-state index in [0.29, 0.717) is 56.2 Å². The molecule has 1 fully saturated rings. The molecule has 0 N–H and O–H groups in total. The molecule has 7 nitrogen and oxygen atoms in total. The maximum absolute atomic E-state index is 12.9. The fourth-order valence-electron chi connectivity index (χ4n) is 4.09. The molecule has 30 heavy (non-hydrogen) atoms. The van der Waals surface area contributed by atoms with Crippen molar-refractivity contribution in [1.82, 2.24) is 14.7 Å². The number of ketones is 1. The van der Waals surface area contributed by atoms with E-state index < -0.39 is 0 Å². The first-order valence-electron chi connectivity index (χ1n) is 10.3. The Morgan fingerprint density at radius 3 is 2.47 bits per heavy atom. The molecule has 4 rings (SSSR count). The number of benzene rings is 1. The van der Waals surface area contributed by atoms with Crippen LogP contribution in [0.1, 0.15) is 40.2 Å². The number of carbonyl (C=O) groups excluding carboxylic acids is 2. The number of rotatable bonds is 4. The van der Waals surface area contributed by atoms with E-state index >= 15 is 0 Å². The first-order chi connectivity index (χ1) is 14.4. The molecule has 2 aromatic rings. The lowest BCUT2D eigenvalue weighted by molar-refractivity contribution is -0.127. The van der Waals surface area contributed by atoms with Crippen LogP contribution in [0.15, 0.2) is 24.3 Å². The van der Waals surface area contributed by atoms with E-state index in [1.807, 2.05) is 36.6 Å². The summed E-state index contributed by atoms with van der Waals surface area (Å²) in [5.74, 6) is 1.32. The third-order valence-electron chi connectivity index (χ3n) is 5.96. The van der Waals surface area contributed by atoms with E-state index in [1.165, 1.54) is 0 Å². The zero-order valence-electron chi connectivity index (χ0n) is 17.7. The molecule has 0 saturated carbocycles. The van der Waals surface area contributed by atoms with E-state index in [4.69, 9.17) is 9.47 Å². The molecule has 0 atom stereocenters. The highest BCUT2D eigenvalue weighted by Gasteiger charge is 2.28. The molecule has 3 heterocycles. The summed E-state index contributed by atoms with van der Waals surface area (Å²) in [4.78, 5) is 27.3. The molecular weight excluding hydrogens is 382 g/mol. The van der Waals surface area contributed by atoms with Crippen LogP contribution in [-0.4, -0.2) is 52.7 Å². The summed E-state index contributed by atoms with van der Waals surface area (Å²) in [5.41, 5.74) is 3.56. The van der Waals surface area contributed by atoms with Crippen molar-refractivity contribution >= 4 is 17.8 Å². The lowest BCUT2D eigenvalue weighted by atomic mass is 9.88. The number of carbonyl (C=O) groups is 2. The Morgan fingerprint density at radius 1 is 1.10 bits per heavy atom. The molecule has 0 radical (unpaired) electrons. The predicted octanol–water partition coefficient (Wildman–Crippen LogP) is 2.94. The highest BCUT2D eigenvalue weighted by Crippen LogP contribution is 2.32. The Bertz CT molecular complexity index is 1000. The van der Waals surface area contributed by atoms with Gasteiger partial charge in [-0.05, 0) is 51.0 Å². The van der Waals surface area contributed by atoms with Gasteiger partial charge < -0.3 is 14.4 Å². The van der Waals surface area contributed by atoms with Gasteiger partial charge in [0, 0.05) is 49.0 Å². The van der Waals surface area contributed by atoms with Crippen molar-refractivity contribution in [3.63, 3.8) is 0 Å². The van der Waals surface area contributed by atoms with Crippen LogP contribution >= 0.6 is 0 Å². The highest BCUT2D eigenvalue weighted by atomic mass is 16.6. The summed E-state index contributed by atoms with van der Waals surface area (Å²) in [6.07, 6.45) is 4.78. The van der Waals surface area contributed by atoms with Crippen molar-refractivity contribution in [2.45, 2.75) is 26.7 Å². The van der Waals surface area contributed by atoms with Gasteiger partial charge in [-0.3, -0.25) is 14.3 Å². The number of likely N-dealkylation sites (tertiary alicyclic amines) is 1. The van der Waals surface area contributed by atoms with Crippen molar-refractivity contribution in [1.29, 1.82) is 0 Å². The molecule has 0 bridgehead atoms. The maximum Gasteiger partial charge on any atom is 0.246 e. The van der Waals surface area contributed by atoms with Crippen LogP contribution in [0.2, 0.25) is 0 Å². The lowest BCUT2D eigenvalue weighted by Crippen LogP contribution is -2.39. The molecule has 2 aliphatic rings. The lowest BCUT2D eigenvalue weighted by Gasteiger charge is -2.30. The smallest absolute Gasteiger partial charge is 0.246 e. The summed E-state index contributed by atoms with van der Waals surface area (Å²) in [6, 6.07) is 5.37. The quantitative estimate of drug-likeness (QED) is 0.573. The van der Waals surface area contributed by atoms with Gasteiger partial charge in [-0.25, -0.2) is 0 Å². The Morgan fingerprint density at radius 2 is 1.80 bits per heavy atom. The van der Waals surface area contributed by atoms with Gasteiger partial charge in [0.15, 0.2) is 17.3 Å². The Labute approximate surface area is 176 Å². The van der Waals surface area contributed by atoms with Gasteiger partial charge in [-0.1, -0.05) is 0 Å². The zero-order valence-corrected chi connectivity index (χ0v) is 17.7. The van der Waals surface area contributed by atoms with E-state index in [0.717, 1.165) is 17.0 Å². The maximum atomic E-state index is 12.9. The van der Waals surface area contributed by atoms with Gasteiger partial charge in [-0.2, -0.15) is 5.10 Å². The molecule has 158 valence electrons. The number of Topliss-reactive ketones (excluding diaryl/α,β-unsaturated/α-hetero) is 1. The van der Waals surface area contributed by atoms with Crippen LogP contribution in [0.4, 0.5) is 0 Å². The van der Waals surface area contributed by atoms with Crippen LogP contribution in [-0.2, 0) is 11.8 Å². The van der Waals surface area contributed by atoms with E-state index in [-0.39, 0.29) is 17.6 Å². The summed E-state index contributed by atoms with van der Waals surface area (Å²) in [7, 11) is 1.89. The van der Waals surface area contributed by atoms with Gasteiger partial charge in [0.1, 0.15) is 13.2 Å². The number of aryl methyl sites for hydroxylation is 2. The minimum absolute atomic E-state index is 0.0251. The Kier molecular flexibility index (Phi) is 5.61. The third kappa shape index (κ3) is 3.97. The molecule has 1 amide bonds. The Balaban J connectivity index is 1.36. The molecule has 0 aliphatic carbocycles. The van der Waals surface area contributed by atoms with Gasteiger partial charge >= 0.3 is 0 Å². The molecule has 0 unspecified atom stereocenters. The largest absolute Gasteiger partial charge is 0.486 e. The summed E-state index contributed by atoms with van der Waals surface area (Å²) < 4.78 is 12.9. The summed E-state index contributed by atoms with van der Waals surface area (Å²) >= 11 is 0. The minimum atomic E-state index is -0.0802. The number of fused-ring (bicyclic) bond motifs is 1. The third-order valence-corrected chi connectivity index (χ3v) is 5.96. The fourth-order valence-corrected chi connectivity index (χ4v) is 4.09. The number of nitrogens with zero attached hydrogens (tertiary/aromatic N) is 3. The average molecular weight is 409 g/mol. The first kappa shape index (κ1) is 20.2. The topological polar surface area (TPSA) is 73.7 Å². The van der Waals surface area contributed by atoms with E-state index in [9.17, 15) is 9.59 Å². The van der Waals surface area contributed by atoms with Gasteiger partial charge in [0.25, 0.3) is 0 Å². The number of amides is 1. The van der Waals surface area contributed by atoms with Crippen LogP contribution in [0.25, 0.3) is 6.08 Å². The van der Waals surface area contributed by atoms with Crippen molar-refractivity contribution in [3.8, 4) is 11.5 Å². The second-order valence-electron chi connectivity index (χ2n) is 7.86. The average Bonchev–Trinajstić information content (AvgIpc) is 3.02. The van der Waals surface area contributed by atoms with E-state index in [1.54, 1.807) is 24.3 Å². The van der Waals surface area contributed by atoms with Gasteiger partial charge in [-0.15, -0.1) is 0 Å². The molecule has 1 saturated heterocycles. The van der Waals surface area contributed by atoms with Crippen molar-refractivity contribution in [2.75, 3.05) is 26.3 Å². The predicted molar refractivity (Wildman–Crippen MR) is 113 cm³/mol. The van der Waals surface area contributed by atoms with Crippen LogP contribution in [0, 0.1) is 19.8 Å². The van der Waals surface area contributed by atoms with E-state index in [2.05, 4.69) is 5.10 Å². The molecule has 1 aromatic carbocycles. The number of hydrogen-bond donors (Lipinski definition) is 0. The highest BCUT2D eigenvalue weighted by molar-refractivity contribution is 5.99. The van der Waals surface area contributed by atoms with Crippen molar-refractivity contribution in [2.24, 2.45) is 13.0 Å².